The number of aromatic amines is 1. The number of nitrogens with one attached hydrogen (secondary N) is 1. The number of esters is 1. The second kappa shape index (κ2) is 6.01. The fourth-order valence-electron chi connectivity index (χ4n) is 2.65. The molecule has 2 aromatic heterocycles. The third kappa shape index (κ3) is 2.80. The normalized spacial score (nSPS) is 12.3. The molecule has 0 saturated heterocycles. The summed E-state index contributed by atoms with van der Waals surface area (Å²) in [5.74, 6) is -0.640. The molecule has 0 aliphatic heterocycles. The molecule has 23 heavy (non-hydrogen) atoms. The van der Waals surface area contributed by atoms with Gasteiger partial charge in [0.15, 0.2) is 6.10 Å². The Morgan fingerprint density at radius 1 is 1.17 bits per heavy atom. The van der Waals surface area contributed by atoms with E-state index in [1.165, 1.54) is 11.3 Å². The Morgan fingerprint density at radius 3 is 2.61 bits per heavy atom. The predicted molar refractivity (Wildman–Crippen MR) is 91.3 cm³/mol. The summed E-state index contributed by atoms with van der Waals surface area (Å²) in [6.07, 6.45) is -0.832. The number of Topliss-reactive ketones (excluding diaryl/α,β-unsaturated/α-hetero) is 1. The van der Waals surface area contributed by atoms with Gasteiger partial charge < -0.3 is 9.72 Å². The minimum atomic E-state index is -0.832. The number of hydrogen-bond donors (Lipinski definition) is 1. The molecule has 1 N–H and O–H groups in total. The highest BCUT2D eigenvalue weighted by Crippen LogP contribution is 2.24. The third-order valence-electron chi connectivity index (χ3n) is 3.84. The lowest BCUT2D eigenvalue weighted by Gasteiger charge is -2.12. The van der Waals surface area contributed by atoms with Crippen LogP contribution in [0.15, 0.2) is 35.7 Å². The van der Waals surface area contributed by atoms with Crippen molar-refractivity contribution in [3.05, 3.63) is 57.4 Å². The first kappa shape index (κ1) is 15.5. The molecule has 5 heteroatoms. The Hall–Kier alpha value is -2.40. The Labute approximate surface area is 138 Å². The molecule has 0 amide bonds. The summed E-state index contributed by atoms with van der Waals surface area (Å²) in [6.45, 7) is 5.32. The zero-order chi connectivity index (χ0) is 16.6. The summed E-state index contributed by atoms with van der Waals surface area (Å²) in [5.41, 5.74) is 3.14. The van der Waals surface area contributed by atoms with Gasteiger partial charge in [-0.1, -0.05) is 18.2 Å². The van der Waals surface area contributed by atoms with Crippen molar-refractivity contribution in [3.8, 4) is 0 Å². The molecule has 0 aliphatic carbocycles. The van der Waals surface area contributed by atoms with E-state index in [0.717, 1.165) is 22.2 Å². The topological polar surface area (TPSA) is 59.2 Å². The molecule has 0 aliphatic rings. The maximum atomic E-state index is 12.7. The highest BCUT2D eigenvalue weighted by molar-refractivity contribution is 7.12. The van der Waals surface area contributed by atoms with Gasteiger partial charge in [0.05, 0.1) is 0 Å². The number of thiophene rings is 1. The fraction of sp³-hybridized carbons (Fsp3) is 0.222. The summed E-state index contributed by atoms with van der Waals surface area (Å²) in [5, 5.41) is 2.69. The maximum Gasteiger partial charge on any atom is 0.349 e. The number of fused-ring (bicyclic) bond motifs is 1. The zero-order valence-electron chi connectivity index (χ0n) is 13.2. The number of ketones is 1. The number of carbonyl (C=O) groups excluding carboxylic acids is 2. The molecule has 1 unspecified atom stereocenters. The first-order valence-corrected chi connectivity index (χ1v) is 8.23. The van der Waals surface area contributed by atoms with E-state index in [9.17, 15) is 9.59 Å². The van der Waals surface area contributed by atoms with Gasteiger partial charge >= 0.3 is 5.97 Å². The van der Waals surface area contributed by atoms with E-state index in [0.29, 0.717) is 10.4 Å². The van der Waals surface area contributed by atoms with Gasteiger partial charge in [-0.3, -0.25) is 4.79 Å². The van der Waals surface area contributed by atoms with Crippen molar-refractivity contribution >= 4 is 34.0 Å². The molecular formula is C18H17NO3S. The lowest BCUT2D eigenvalue weighted by Crippen LogP contribution is -2.24. The van der Waals surface area contributed by atoms with Crippen molar-refractivity contribution in [1.82, 2.24) is 4.98 Å². The molecular weight excluding hydrogens is 310 g/mol. The van der Waals surface area contributed by atoms with Crippen LogP contribution in [0.1, 0.15) is 38.2 Å². The number of ether oxygens (including phenoxy) is 1. The molecule has 3 aromatic rings. The number of hydrogen-bond acceptors (Lipinski definition) is 4. The van der Waals surface area contributed by atoms with Gasteiger partial charge in [-0.05, 0) is 43.8 Å². The van der Waals surface area contributed by atoms with E-state index >= 15 is 0 Å². The standard InChI is InChI=1S/C18H17NO3S/c1-10-8-9-23-17(10)18(21)22-12(3)16(20)15-11(2)19-14-7-5-4-6-13(14)15/h4-9,12,19H,1-3H3. The van der Waals surface area contributed by atoms with Gasteiger partial charge in [0.25, 0.3) is 0 Å². The molecule has 1 atom stereocenters. The van der Waals surface area contributed by atoms with Crippen LogP contribution in [-0.2, 0) is 4.74 Å². The number of rotatable bonds is 4. The molecule has 2 heterocycles. The van der Waals surface area contributed by atoms with Crippen molar-refractivity contribution in [2.45, 2.75) is 26.9 Å². The quantitative estimate of drug-likeness (QED) is 0.575. The van der Waals surface area contributed by atoms with Gasteiger partial charge in [-0.2, -0.15) is 0 Å². The van der Waals surface area contributed by atoms with Crippen LogP contribution in [0.3, 0.4) is 0 Å². The van der Waals surface area contributed by atoms with E-state index < -0.39 is 12.1 Å². The first-order valence-electron chi connectivity index (χ1n) is 7.35. The van der Waals surface area contributed by atoms with Gasteiger partial charge in [0.2, 0.25) is 5.78 Å². The second-order valence-corrected chi connectivity index (χ2v) is 6.43. The molecule has 118 valence electrons. The SMILES string of the molecule is Cc1ccsc1C(=O)OC(C)C(=O)c1c(C)[nH]c2ccccc12. The molecule has 1 aromatic carbocycles. The summed E-state index contributed by atoms with van der Waals surface area (Å²) in [6, 6.07) is 9.47. The average molecular weight is 327 g/mol. The lowest BCUT2D eigenvalue weighted by molar-refractivity contribution is 0.0323. The summed E-state index contributed by atoms with van der Waals surface area (Å²) in [4.78, 5) is 28.7. The largest absolute Gasteiger partial charge is 0.450 e. The van der Waals surface area contributed by atoms with E-state index in [1.807, 2.05) is 49.6 Å². The molecule has 3 rings (SSSR count). The van der Waals surface area contributed by atoms with Gasteiger partial charge in [0.1, 0.15) is 4.88 Å². The van der Waals surface area contributed by atoms with Crippen LogP contribution in [0.4, 0.5) is 0 Å². The second-order valence-electron chi connectivity index (χ2n) is 5.52. The Bertz CT molecular complexity index is 891. The van der Waals surface area contributed by atoms with Crippen LogP contribution < -0.4 is 0 Å². The van der Waals surface area contributed by atoms with Gasteiger partial charge in [-0.15, -0.1) is 11.3 Å². The zero-order valence-corrected chi connectivity index (χ0v) is 14.0. The van der Waals surface area contributed by atoms with Crippen LogP contribution in [-0.4, -0.2) is 22.8 Å². The summed E-state index contributed by atoms with van der Waals surface area (Å²) >= 11 is 1.32. The van der Waals surface area contributed by atoms with Crippen LogP contribution in [0, 0.1) is 13.8 Å². The van der Waals surface area contributed by atoms with Gasteiger partial charge in [-0.25, -0.2) is 4.79 Å². The fourth-order valence-corrected chi connectivity index (χ4v) is 3.45. The van der Waals surface area contributed by atoms with Crippen molar-refractivity contribution in [3.63, 3.8) is 0 Å². The maximum absolute atomic E-state index is 12.7. The predicted octanol–water partition coefficient (Wildman–Crippen LogP) is 4.27. The number of para-hydroxylation sites is 1. The van der Waals surface area contributed by atoms with E-state index in [1.54, 1.807) is 6.92 Å². The number of benzene rings is 1. The minimum Gasteiger partial charge on any atom is -0.450 e. The van der Waals surface area contributed by atoms with Crippen molar-refractivity contribution in [2.75, 3.05) is 0 Å². The Balaban J connectivity index is 1.86. The number of aryl methyl sites for hydroxylation is 2. The smallest absolute Gasteiger partial charge is 0.349 e. The van der Waals surface area contributed by atoms with E-state index in [-0.39, 0.29) is 5.78 Å². The molecule has 0 spiro atoms. The number of carbonyl (C=O) groups is 2. The van der Waals surface area contributed by atoms with Crippen LogP contribution in [0.25, 0.3) is 10.9 Å². The summed E-state index contributed by atoms with van der Waals surface area (Å²) < 4.78 is 5.37. The molecule has 0 bridgehead atoms. The van der Waals surface area contributed by atoms with Crippen LogP contribution in [0.5, 0.6) is 0 Å². The van der Waals surface area contributed by atoms with E-state index in [2.05, 4.69) is 4.98 Å². The Morgan fingerprint density at radius 2 is 1.91 bits per heavy atom. The molecule has 0 saturated carbocycles. The molecule has 4 nitrogen and oxygen atoms in total. The van der Waals surface area contributed by atoms with Crippen LogP contribution >= 0.6 is 11.3 Å². The van der Waals surface area contributed by atoms with Crippen molar-refractivity contribution in [2.24, 2.45) is 0 Å². The highest BCUT2D eigenvalue weighted by atomic mass is 32.1. The first-order chi connectivity index (χ1) is 11.0. The van der Waals surface area contributed by atoms with Crippen LogP contribution in [0.2, 0.25) is 0 Å². The number of aromatic nitrogens is 1. The average Bonchev–Trinajstić information content (AvgIpc) is 3.08. The lowest BCUT2D eigenvalue weighted by atomic mass is 10.0. The Kier molecular flexibility index (Phi) is 4.05. The number of H-pyrrole nitrogens is 1. The molecule has 0 radical (unpaired) electrons. The van der Waals surface area contributed by atoms with Gasteiger partial charge in [0, 0.05) is 22.2 Å². The van der Waals surface area contributed by atoms with E-state index in [4.69, 9.17) is 4.74 Å². The highest BCUT2D eigenvalue weighted by Gasteiger charge is 2.25. The van der Waals surface area contributed by atoms with Crippen molar-refractivity contribution < 1.29 is 14.3 Å². The minimum absolute atomic E-state index is 0.192. The van der Waals surface area contributed by atoms with Crippen molar-refractivity contribution in [1.29, 1.82) is 0 Å². The molecule has 0 fully saturated rings. The monoisotopic (exact) mass is 327 g/mol. The third-order valence-corrected chi connectivity index (χ3v) is 4.84. The summed E-state index contributed by atoms with van der Waals surface area (Å²) in [7, 11) is 0.